The lowest BCUT2D eigenvalue weighted by molar-refractivity contribution is -0.263. The van der Waals surface area contributed by atoms with Crippen LogP contribution in [-0.2, 0) is 35.0 Å². The average Bonchev–Trinajstić information content (AvgIpc) is 3.46. The second kappa shape index (κ2) is 8.40. The Kier molecular flexibility index (Phi) is 5.57. The highest BCUT2D eigenvalue weighted by Crippen LogP contribution is 2.48. The summed E-state index contributed by atoms with van der Waals surface area (Å²) >= 11 is 0. The van der Waals surface area contributed by atoms with Gasteiger partial charge in [0.15, 0.2) is 17.9 Å². The van der Waals surface area contributed by atoms with Gasteiger partial charge in [0.1, 0.15) is 24.4 Å². The molecule has 6 heteroatoms. The summed E-state index contributed by atoms with van der Waals surface area (Å²) in [6.07, 6.45) is 9.65. The van der Waals surface area contributed by atoms with E-state index in [1.54, 1.807) is 0 Å². The van der Waals surface area contributed by atoms with Gasteiger partial charge in [0.2, 0.25) is 0 Å². The Balaban J connectivity index is 1.19. The first kappa shape index (κ1) is 20.6. The van der Waals surface area contributed by atoms with Crippen molar-refractivity contribution in [2.75, 3.05) is 6.61 Å². The van der Waals surface area contributed by atoms with Gasteiger partial charge in [-0.1, -0.05) is 43.2 Å². The molecule has 0 unspecified atom stereocenters. The summed E-state index contributed by atoms with van der Waals surface area (Å²) in [4.78, 5) is 0. The third-order valence-corrected chi connectivity index (χ3v) is 7.65. The molecule has 0 radical (unpaired) electrons. The highest BCUT2D eigenvalue weighted by Gasteiger charge is 2.61. The largest absolute Gasteiger partial charge is 0.368 e. The third kappa shape index (κ3) is 3.96. The Bertz CT molecular complexity index is 742. The number of rotatable bonds is 4. The zero-order valence-electron chi connectivity index (χ0n) is 18.2. The van der Waals surface area contributed by atoms with Crippen molar-refractivity contribution in [1.82, 2.24) is 0 Å². The lowest BCUT2D eigenvalue weighted by Crippen LogP contribution is -2.45. The molecule has 31 heavy (non-hydrogen) atoms. The fourth-order valence-corrected chi connectivity index (χ4v) is 6.03. The predicted molar refractivity (Wildman–Crippen MR) is 112 cm³/mol. The number of benzene rings is 1. The predicted octanol–water partition coefficient (Wildman–Crippen LogP) is 4.45. The van der Waals surface area contributed by atoms with Crippen molar-refractivity contribution >= 4 is 0 Å². The fourth-order valence-electron chi connectivity index (χ4n) is 6.03. The number of hydrogen-bond acceptors (Lipinski definition) is 6. The molecule has 170 valence electrons. The molecule has 5 fully saturated rings. The molecule has 0 amide bonds. The quantitative estimate of drug-likeness (QED) is 0.704. The number of ether oxygens (including phenoxy) is 6. The molecule has 1 aromatic rings. The molecule has 0 N–H and O–H groups in total. The van der Waals surface area contributed by atoms with E-state index in [0.29, 0.717) is 13.2 Å². The van der Waals surface area contributed by atoms with Crippen LogP contribution in [0, 0.1) is 0 Å². The van der Waals surface area contributed by atoms with E-state index in [9.17, 15) is 0 Å². The summed E-state index contributed by atoms with van der Waals surface area (Å²) in [6.45, 7) is 1.06. The Morgan fingerprint density at radius 2 is 1.48 bits per heavy atom. The number of fused-ring (bicyclic) bond motifs is 1. The van der Waals surface area contributed by atoms with Gasteiger partial charge in [0.05, 0.1) is 13.2 Å². The first-order valence-electron chi connectivity index (χ1n) is 12.2. The zero-order chi connectivity index (χ0) is 20.7. The van der Waals surface area contributed by atoms with Gasteiger partial charge in [-0.25, -0.2) is 0 Å². The van der Waals surface area contributed by atoms with E-state index in [1.807, 2.05) is 18.2 Å². The topological polar surface area (TPSA) is 55.4 Å². The van der Waals surface area contributed by atoms with E-state index in [2.05, 4.69) is 12.1 Å². The minimum atomic E-state index is -0.496. The molecule has 2 spiro atoms. The van der Waals surface area contributed by atoms with Gasteiger partial charge in [0.25, 0.3) is 0 Å². The van der Waals surface area contributed by atoms with Crippen molar-refractivity contribution in [3.05, 3.63) is 35.9 Å². The van der Waals surface area contributed by atoms with Gasteiger partial charge in [-0.3, -0.25) is 0 Å². The lowest BCUT2D eigenvalue weighted by atomic mass is 9.94. The highest BCUT2D eigenvalue weighted by molar-refractivity contribution is 5.14. The molecule has 6 rings (SSSR count). The molecule has 2 aliphatic carbocycles. The maximum atomic E-state index is 6.57. The van der Waals surface area contributed by atoms with Crippen molar-refractivity contribution in [2.24, 2.45) is 0 Å². The smallest absolute Gasteiger partial charge is 0.190 e. The zero-order valence-corrected chi connectivity index (χ0v) is 18.2. The van der Waals surface area contributed by atoms with Gasteiger partial charge in [0, 0.05) is 25.7 Å². The first-order valence-corrected chi connectivity index (χ1v) is 12.2. The standard InChI is InChI=1S/C25H34O6/c1-4-10-18(11-5-1)16-26-21-20(19-17-27-24(29-19)12-6-2-7-13-24)28-23-22(21)30-25(31-23)14-8-3-9-15-25/h1,4-5,10-11,19-23H,2-3,6-9,12-17H2/t19-,20-,21-,22+,23-/m0/s1. The lowest BCUT2D eigenvalue weighted by Gasteiger charge is -2.35. The van der Waals surface area contributed by atoms with Crippen molar-refractivity contribution in [1.29, 1.82) is 0 Å². The van der Waals surface area contributed by atoms with Crippen LogP contribution in [0.1, 0.15) is 69.8 Å². The van der Waals surface area contributed by atoms with Gasteiger partial charge in [-0.2, -0.15) is 0 Å². The summed E-state index contributed by atoms with van der Waals surface area (Å²) in [6, 6.07) is 10.3. The maximum Gasteiger partial charge on any atom is 0.190 e. The highest BCUT2D eigenvalue weighted by atomic mass is 16.9. The normalized spacial score (nSPS) is 38.6. The van der Waals surface area contributed by atoms with Crippen molar-refractivity contribution in [3.63, 3.8) is 0 Å². The second-order valence-corrected chi connectivity index (χ2v) is 9.84. The molecule has 3 saturated heterocycles. The van der Waals surface area contributed by atoms with Crippen LogP contribution in [0.5, 0.6) is 0 Å². The molecular formula is C25H34O6. The van der Waals surface area contributed by atoms with E-state index in [0.717, 1.165) is 56.9 Å². The fraction of sp³-hybridized carbons (Fsp3) is 0.760. The minimum Gasteiger partial charge on any atom is -0.368 e. The molecule has 5 atom stereocenters. The molecule has 0 aromatic heterocycles. The summed E-state index contributed by atoms with van der Waals surface area (Å²) in [5.41, 5.74) is 1.14. The van der Waals surface area contributed by atoms with Crippen LogP contribution < -0.4 is 0 Å². The first-order chi connectivity index (χ1) is 15.2. The third-order valence-electron chi connectivity index (χ3n) is 7.65. The minimum absolute atomic E-state index is 0.154. The van der Waals surface area contributed by atoms with E-state index in [1.165, 1.54) is 12.8 Å². The van der Waals surface area contributed by atoms with E-state index in [4.69, 9.17) is 28.4 Å². The molecule has 0 bridgehead atoms. The van der Waals surface area contributed by atoms with Gasteiger partial charge in [-0.15, -0.1) is 0 Å². The van der Waals surface area contributed by atoms with Crippen LogP contribution in [0.4, 0.5) is 0 Å². The SMILES string of the molecule is c1ccc(CO[C@H]2[C@H]([C@@H]3COC4(CCCCC4)O3)O[C@H]3OC4(CCCCC4)O[C@@H]32)cc1. The Morgan fingerprint density at radius 1 is 0.774 bits per heavy atom. The summed E-state index contributed by atoms with van der Waals surface area (Å²) in [5.74, 6) is -0.926. The van der Waals surface area contributed by atoms with Crippen LogP contribution in [0.3, 0.4) is 0 Å². The van der Waals surface area contributed by atoms with E-state index < -0.39 is 17.9 Å². The van der Waals surface area contributed by atoms with Crippen molar-refractivity contribution in [3.8, 4) is 0 Å². The molecule has 5 aliphatic rings. The monoisotopic (exact) mass is 430 g/mol. The Labute approximate surface area is 184 Å². The summed E-state index contributed by atoms with van der Waals surface area (Å²) in [7, 11) is 0. The van der Waals surface area contributed by atoms with Crippen LogP contribution in [0.2, 0.25) is 0 Å². The van der Waals surface area contributed by atoms with E-state index >= 15 is 0 Å². The molecule has 2 saturated carbocycles. The molecule has 3 heterocycles. The molecular weight excluding hydrogens is 396 g/mol. The average molecular weight is 431 g/mol. The van der Waals surface area contributed by atoms with E-state index in [-0.39, 0.29) is 24.4 Å². The maximum absolute atomic E-state index is 6.57. The summed E-state index contributed by atoms with van der Waals surface area (Å²) in [5, 5.41) is 0. The number of hydrogen-bond donors (Lipinski definition) is 0. The Morgan fingerprint density at radius 3 is 2.23 bits per heavy atom. The van der Waals surface area contributed by atoms with Crippen LogP contribution in [-0.4, -0.2) is 48.9 Å². The Hall–Kier alpha value is -1.02. The van der Waals surface area contributed by atoms with Gasteiger partial charge in [-0.05, 0) is 31.2 Å². The second-order valence-electron chi connectivity index (χ2n) is 9.84. The van der Waals surface area contributed by atoms with Crippen LogP contribution in [0.15, 0.2) is 30.3 Å². The van der Waals surface area contributed by atoms with Gasteiger partial charge >= 0.3 is 0 Å². The van der Waals surface area contributed by atoms with Gasteiger partial charge < -0.3 is 28.4 Å². The van der Waals surface area contributed by atoms with Crippen LogP contribution >= 0.6 is 0 Å². The summed E-state index contributed by atoms with van der Waals surface area (Å²) < 4.78 is 38.6. The molecule has 6 nitrogen and oxygen atoms in total. The molecule has 3 aliphatic heterocycles. The van der Waals surface area contributed by atoms with Crippen molar-refractivity contribution < 1.29 is 28.4 Å². The van der Waals surface area contributed by atoms with Crippen LogP contribution in [0.25, 0.3) is 0 Å². The van der Waals surface area contributed by atoms with Crippen molar-refractivity contribution in [2.45, 2.75) is 113 Å². The molecule has 1 aromatic carbocycles.